The molecule has 1 saturated carbocycles. The van der Waals surface area contributed by atoms with Crippen LogP contribution in [0.4, 0.5) is 4.79 Å². The summed E-state index contributed by atoms with van der Waals surface area (Å²) in [6, 6.07) is 8.29. The molecule has 0 bridgehead atoms. The third kappa shape index (κ3) is 3.98. The minimum absolute atomic E-state index is 0.136. The third-order valence-corrected chi connectivity index (χ3v) is 3.63. The molecule has 1 aromatic carbocycles. The van der Waals surface area contributed by atoms with Gasteiger partial charge in [0.2, 0.25) is 0 Å². The maximum atomic E-state index is 11.7. The predicted octanol–water partition coefficient (Wildman–Crippen LogP) is 3.64. The first-order chi connectivity index (χ1) is 9.78. The van der Waals surface area contributed by atoms with Crippen molar-refractivity contribution in [3.05, 3.63) is 34.9 Å². The summed E-state index contributed by atoms with van der Waals surface area (Å²) in [6.07, 6.45) is 1.35. The molecule has 112 valence electrons. The van der Waals surface area contributed by atoms with Gasteiger partial charge in [-0.2, -0.15) is 5.26 Å². The summed E-state index contributed by atoms with van der Waals surface area (Å²) < 4.78 is 5.25. The summed E-state index contributed by atoms with van der Waals surface area (Å²) in [6.45, 7) is 7.58. The molecule has 0 atom stereocenters. The van der Waals surface area contributed by atoms with Crippen molar-refractivity contribution in [2.24, 2.45) is 0 Å². The van der Waals surface area contributed by atoms with Crippen molar-refractivity contribution in [1.82, 2.24) is 5.32 Å². The lowest BCUT2D eigenvalue weighted by atomic mass is 9.74. The number of alkyl carbamates (subject to hydrolysis) is 1. The Kier molecular flexibility index (Phi) is 4.22. The van der Waals surface area contributed by atoms with Gasteiger partial charge in [-0.05, 0) is 58.1 Å². The largest absolute Gasteiger partial charge is 0.444 e. The van der Waals surface area contributed by atoms with Gasteiger partial charge in [-0.1, -0.05) is 17.7 Å². The van der Waals surface area contributed by atoms with Gasteiger partial charge < -0.3 is 10.1 Å². The van der Waals surface area contributed by atoms with Crippen molar-refractivity contribution in [2.75, 3.05) is 0 Å². The van der Waals surface area contributed by atoms with Crippen LogP contribution >= 0.6 is 0 Å². The minimum atomic E-state index is -0.474. The number of rotatable bonds is 2. The van der Waals surface area contributed by atoms with E-state index in [1.807, 2.05) is 39.8 Å². The second-order valence-electron chi connectivity index (χ2n) is 6.71. The summed E-state index contributed by atoms with van der Waals surface area (Å²) >= 11 is 0. The first-order valence-electron chi connectivity index (χ1n) is 7.28. The first kappa shape index (κ1) is 15.4. The van der Waals surface area contributed by atoms with Crippen molar-refractivity contribution in [2.45, 2.75) is 58.1 Å². The molecule has 0 aliphatic heterocycles. The number of carbonyl (C=O) groups excluding carboxylic acids is 1. The van der Waals surface area contributed by atoms with E-state index in [-0.39, 0.29) is 12.1 Å². The highest BCUT2D eigenvalue weighted by atomic mass is 16.6. The highest BCUT2D eigenvalue weighted by Gasteiger charge is 2.33. The van der Waals surface area contributed by atoms with Crippen LogP contribution in [0.2, 0.25) is 0 Å². The molecule has 1 aliphatic rings. The van der Waals surface area contributed by atoms with E-state index in [1.54, 1.807) is 0 Å². The van der Waals surface area contributed by atoms with Gasteiger partial charge in [-0.15, -0.1) is 0 Å². The maximum absolute atomic E-state index is 11.7. The number of ether oxygens (including phenoxy) is 1. The van der Waals surface area contributed by atoms with Crippen LogP contribution in [0.15, 0.2) is 18.2 Å². The van der Waals surface area contributed by atoms with Gasteiger partial charge >= 0.3 is 6.09 Å². The van der Waals surface area contributed by atoms with Gasteiger partial charge in [-0.25, -0.2) is 4.79 Å². The first-order valence-corrected chi connectivity index (χ1v) is 7.28. The number of carbonyl (C=O) groups is 1. The van der Waals surface area contributed by atoms with E-state index < -0.39 is 5.60 Å². The Bertz CT molecular complexity index is 575. The molecule has 4 heteroatoms. The zero-order chi connectivity index (χ0) is 15.6. The summed E-state index contributed by atoms with van der Waals surface area (Å²) in [5, 5.41) is 12.1. The van der Waals surface area contributed by atoms with Crippen molar-refractivity contribution in [1.29, 1.82) is 5.26 Å². The van der Waals surface area contributed by atoms with Gasteiger partial charge in [0.25, 0.3) is 0 Å². The quantitative estimate of drug-likeness (QED) is 0.902. The second kappa shape index (κ2) is 5.77. The number of benzene rings is 1. The zero-order valence-corrected chi connectivity index (χ0v) is 13.1. The molecular weight excluding hydrogens is 264 g/mol. The average Bonchev–Trinajstić information content (AvgIpc) is 2.31. The number of aryl methyl sites for hydroxylation is 1. The molecule has 0 radical (unpaired) electrons. The molecule has 1 aliphatic carbocycles. The molecular formula is C17H22N2O2. The number of nitrogens with one attached hydrogen (secondary N) is 1. The Morgan fingerprint density at radius 2 is 2.05 bits per heavy atom. The SMILES string of the molecule is Cc1ccc(C#N)c([C@H]2C[C@@H](NC(=O)OC(C)(C)C)C2)c1. The molecule has 4 nitrogen and oxygen atoms in total. The Morgan fingerprint density at radius 1 is 1.38 bits per heavy atom. The normalized spacial score (nSPS) is 21.1. The van der Waals surface area contributed by atoms with E-state index in [4.69, 9.17) is 4.74 Å². The van der Waals surface area contributed by atoms with Gasteiger partial charge in [0.05, 0.1) is 11.6 Å². The molecule has 21 heavy (non-hydrogen) atoms. The van der Waals surface area contributed by atoms with Crippen LogP contribution in [0.3, 0.4) is 0 Å². The molecule has 0 spiro atoms. The Hall–Kier alpha value is -2.02. The van der Waals surface area contributed by atoms with Gasteiger partial charge in [0, 0.05) is 6.04 Å². The Morgan fingerprint density at radius 3 is 2.62 bits per heavy atom. The van der Waals surface area contributed by atoms with Crippen LogP contribution < -0.4 is 5.32 Å². The molecule has 0 aromatic heterocycles. The Balaban J connectivity index is 1.91. The van der Waals surface area contributed by atoms with E-state index in [2.05, 4.69) is 17.5 Å². The molecule has 1 fully saturated rings. The van der Waals surface area contributed by atoms with Gasteiger partial charge in [0.1, 0.15) is 5.60 Å². The number of hydrogen-bond donors (Lipinski definition) is 1. The molecule has 2 rings (SSSR count). The lowest BCUT2D eigenvalue weighted by Gasteiger charge is -2.37. The Labute approximate surface area is 126 Å². The van der Waals surface area contributed by atoms with Gasteiger partial charge in [-0.3, -0.25) is 0 Å². The van der Waals surface area contributed by atoms with Crippen molar-refractivity contribution < 1.29 is 9.53 Å². The monoisotopic (exact) mass is 286 g/mol. The number of nitriles is 1. The fourth-order valence-electron chi connectivity index (χ4n) is 2.59. The highest BCUT2D eigenvalue weighted by molar-refractivity contribution is 5.68. The fraction of sp³-hybridized carbons (Fsp3) is 0.529. The van der Waals surface area contributed by atoms with Crippen LogP contribution in [-0.2, 0) is 4.74 Å². The minimum Gasteiger partial charge on any atom is -0.444 e. The van der Waals surface area contributed by atoms with Crippen molar-refractivity contribution in [3.8, 4) is 6.07 Å². The topological polar surface area (TPSA) is 62.1 Å². The van der Waals surface area contributed by atoms with E-state index in [9.17, 15) is 10.1 Å². The smallest absolute Gasteiger partial charge is 0.407 e. The molecule has 1 N–H and O–H groups in total. The summed E-state index contributed by atoms with van der Waals surface area (Å²) in [7, 11) is 0. The highest BCUT2D eigenvalue weighted by Crippen LogP contribution is 2.38. The van der Waals surface area contributed by atoms with Gasteiger partial charge in [0.15, 0.2) is 0 Å². The number of amides is 1. The summed E-state index contributed by atoms with van der Waals surface area (Å²) in [5.74, 6) is 0.347. The number of hydrogen-bond acceptors (Lipinski definition) is 3. The standard InChI is InChI=1S/C17H22N2O2/c1-11-5-6-12(10-18)15(7-11)13-8-14(9-13)19-16(20)21-17(2,3)4/h5-7,13-14H,8-9H2,1-4H3,(H,19,20)/t13-,14+. The molecule has 1 aromatic rings. The van der Waals surface area contributed by atoms with Crippen LogP contribution in [0.5, 0.6) is 0 Å². The van der Waals surface area contributed by atoms with E-state index in [0.717, 1.165) is 29.5 Å². The lowest BCUT2D eigenvalue weighted by molar-refractivity contribution is 0.0471. The van der Waals surface area contributed by atoms with Crippen LogP contribution in [0.25, 0.3) is 0 Å². The lowest BCUT2D eigenvalue weighted by Crippen LogP contribution is -2.45. The average molecular weight is 286 g/mol. The van der Waals surface area contributed by atoms with Crippen LogP contribution in [-0.4, -0.2) is 17.7 Å². The second-order valence-corrected chi connectivity index (χ2v) is 6.71. The van der Waals surface area contributed by atoms with Crippen LogP contribution in [0, 0.1) is 18.3 Å². The van der Waals surface area contributed by atoms with Crippen molar-refractivity contribution >= 4 is 6.09 Å². The van der Waals surface area contributed by atoms with E-state index in [1.165, 1.54) is 0 Å². The fourth-order valence-corrected chi connectivity index (χ4v) is 2.59. The van der Waals surface area contributed by atoms with E-state index in [0.29, 0.717) is 5.92 Å². The van der Waals surface area contributed by atoms with Crippen molar-refractivity contribution in [3.63, 3.8) is 0 Å². The molecule has 1 amide bonds. The third-order valence-electron chi connectivity index (χ3n) is 3.63. The zero-order valence-electron chi connectivity index (χ0n) is 13.1. The van der Waals surface area contributed by atoms with Crippen LogP contribution in [0.1, 0.15) is 56.2 Å². The molecule has 0 heterocycles. The number of nitrogens with zero attached hydrogens (tertiary/aromatic N) is 1. The predicted molar refractivity (Wildman–Crippen MR) is 81.0 cm³/mol. The molecule has 0 unspecified atom stereocenters. The summed E-state index contributed by atoms with van der Waals surface area (Å²) in [4.78, 5) is 11.7. The summed E-state index contributed by atoms with van der Waals surface area (Å²) in [5.41, 5.74) is 2.52. The maximum Gasteiger partial charge on any atom is 0.407 e. The molecule has 0 saturated heterocycles. The van der Waals surface area contributed by atoms with E-state index >= 15 is 0 Å².